The number of nitrogens with one attached hydrogen (secondary N) is 2. The lowest BCUT2D eigenvalue weighted by molar-refractivity contribution is 0.0202. The van der Waals surface area contributed by atoms with Gasteiger partial charge >= 0.3 is 5.97 Å². The number of aromatic nitrogens is 4. The van der Waals surface area contributed by atoms with Crippen LogP contribution in [0.5, 0.6) is 17.2 Å². The molecule has 1 fully saturated rings. The van der Waals surface area contributed by atoms with Crippen LogP contribution in [0.2, 0.25) is 0 Å². The van der Waals surface area contributed by atoms with Crippen molar-refractivity contribution in [2.24, 2.45) is 7.05 Å². The molecule has 3 N–H and O–H groups in total. The summed E-state index contributed by atoms with van der Waals surface area (Å²) in [5.74, 6) is 1.50. The maximum atomic E-state index is 12.7. The Morgan fingerprint density at radius 3 is 2.62 bits per heavy atom. The molecule has 3 aromatic heterocycles. The topological polar surface area (TPSA) is 144 Å². The Labute approximate surface area is 275 Å². The Morgan fingerprint density at radius 1 is 1.06 bits per heavy atom. The van der Waals surface area contributed by atoms with E-state index < -0.39 is 5.97 Å². The van der Waals surface area contributed by atoms with Crippen LogP contribution in [0.15, 0.2) is 78.1 Å². The van der Waals surface area contributed by atoms with Crippen LogP contribution in [0, 0.1) is 0 Å². The smallest absolute Gasteiger partial charge is 0.373 e. The Morgan fingerprint density at radius 2 is 1.85 bits per heavy atom. The molecule has 0 aliphatic carbocycles. The van der Waals surface area contributed by atoms with Gasteiger partial charge in [0.15, 0.2) is 0 Å². The molecule has 0 saturated carbocycles. The minimum atomic E-state index is -1.14. The Bertz CT molecular complexity index is 1900. The Kier molecular flexibility index (Phi) is 9.93. The first-order chi connectivity index (χ1) is 22.9. The molecule has 1 aliphatic heterocycles. The molecule has 0 radical (unpaired) electrons. The maximum absolute atomic E-state index is 12.7. The van der Waals surface area contributed by atoms with Crippen molar-refractivity contribution in [1.82, 2.24) is 19.5 Å². The van der Waals surface area contributed by atoms with Crippen molar-refractivity contribution >= 4 is 40.2 Å². The molecule has 5 aromatic rings. The van der Waals surface area contributed by atoms with Crippen LogP contribution in [0.1, 0.15) is 30.4 Å². The monoisotopic (exact) mass is 656 g/mol. The molecule has 2 aromatic carbocycles. The number of pyridine rings is 1. The minimum absolute atomic E-state index is 0.0915. The third-order valence-corrected chi connectivity index (χ3v) is 8.54. The Hall–Kier alpha value is -5.01. The molecule has 47 heavy (non-hydrogen) atoms. The van der Waals surface area contributed by atoms with Gasteiger partial charge in [-0.2, -0.15) is 0 Å². The van der Waals surface area contributed by atoms with Gasteiger partial charge in [0.05, 0.1) is 30.8 Å². The standard InChI is InChI=1S/C34H36N6O6S/c1-3-47-38-22-7-8-30(28(17-22)29-21-39(2)33(41)31-27(29)9-12-35-31)46-26-6-4-5-25(18-26)45-16-15-44-24-10-13-40(14-11-24)23-19-36-32(34(42)43)37-20-23/h4-9,12,17-21,24,35,38H,3,10-11,13-16H2,1-2H3,(H,42,43). The largest absolute Gasteiger partial charge is 0.491 e. The lowest BCUT2D eigenvalue weighted by Gasteiger charge is -2.33. The fourth-order valence-electron chi connectivity index (χ4n) is 5.54. The van der Waals surface area contributed by atoms with Gasteiger partial charge in [0.1, 0.15) is 29.4 Å². The predicted octanol–water partition coefficient (Wildman–Crippen LogP) is 5.96. The number of anilines is 2. The summed E-state index contributed by atoms with van der Waals surface area (Å²) in [4.78, 5) is 36.8. The van der Waals surface area contributed by atoms with Gasteiger partial charge in [-0.05, 0) is 49.2 Å². The van der Waals surface area contributed by atoms with Gasteiger partial charge in [0, 0.05) is 66.6 Å². The number of ether oxygens (including phenoxy) is 3. The van der Waals surface area contributed by atoms with Gasteiger partial charge in [-0.3, -0.25) is 4.79 Å². The van der Waals surface area contributed by atoms with Gasteiger partial charge in [0.2, 0.25) is 5.82 Å². The van der Waals surface area contributed by atoms with Crippen molar-refractivity contribution in [1.29, 1.82) is 0 Å². The first-order valence-corrected chi connectivity index (χ1v) is 16.4. The van der Waals surface area contributed by atoms with Gasteiger partial charge in [-0.15, -0.1) is 0 Å². The molecule has 0 unspecified atom stereocenters. The number of aryl methyl sites for hydroxylation is 1. The summed E-state index contributed by atoms with van der Waals surface area (Å²) in [6.45, 7) is 4.46. The van der Waals surface area contributed by atoms with Crippen LogP contribution in [0.25, 0.3) is 22.0 Å². The summed E-state index contributed by atoms with van der Waals surface area (Å²) in [7, 11) is 1.74. The molecule has 1 saturated heterocycles. The zero-order valence-electron chi connectivity index (χ0n) is 26.1. The lowest BCUT2D eigenvalue weighted by atomic mass is 10.0. The number of benzene rings is 2. The molecular formula is C34H36N6O6S. The molecular weight excluding hydrogens is 620 g/mol. The van der Waals surface area contributed by atoms with Crippen molar-refractivity contribution in [2.45, 2.75) is 25.9 Å². The number of fused-ring (bicyclic) bond motifs is 1. The average molecular weight is 657 g/mol. The molecule has 4 heterocycles. The number of hydrogen-bond acceptors (Lipinski definition) is 10. The molecule has 13 heteroatoms. The summed E-state index contributed by atoms with van der Waals surface area (Å²) < 4.78 is 23.5. The fraction of sp³-hybridized carbons (Fsp3) is 0.294. The molecule has 12 nitrogen and oxygen atoms in total. The highest BCUT2D eigenvalue weighted by Crippen LogP contribution is 2.39. The first-order valence-electron chi connectivity index (χ1n) is 15.4. The molecule has 1 aliphatic rings. The van der Waals surface area contributed by atoms with E-state index >= 15 is 0 Å². The lowest BCUT2D eigenvalue weighted by Crippen LogP contribution is -2.37. The van der Waals surface area contributed by atoms with E-state index in [1.165, 1.54) is 0 Å². The summed E-state index contributed by atoms with van der Waals surface area (Å²) >= 11 is 1.60. The summed E-state index contributed by atoms with van der Waals surface area (Å²) in [5.41, 5.74) is 3.92. The SMILES string of the molecule is CCSNc1ccc(Oc2cccc(OCCOC3CCN(c4cnc(C(=O)O)nc4)CC3)c2)c(-c2cn(C)c(=O)c3[nH]ccc23)c1. The van der Waals surface area contributed by atoms with E-state index in [9.17, 15) is 9.59 Å². The van der Waals surface area contributed by atoms with Crippen molar-refractivity contribution < 1.29 is 24.1 Å². The Balaban J connectivity index is 1.07. The number of hydrogen-bond donors (Lipinski definition) is 3. The molecule has 0 bridgehead atoms. The van der Waals surface area contributed by atoms with Gasteiger partial charge in [-0.25, -0.2) is 14.8 Å². The van der Waals surface area contributed by atoms with E-state index in [1.807, 2.05) is 54.7 Å². The first kappa shape index (κ1) is 32.0. The third-order valence-electron chi connectivity index (χ3n) is 7.87. The van der Waals surface area contributed by atoms with Crippen LogP contribution < -0.4 is 24.7 Å². The highest BCUT2D eigenvalue weighted by Gasteiger charge is 2.21. The number of rotatable bonds is 13. The number of carboxylic acids is 1. The van der Waals surface area contributed by atoms with Gasteiger partial charge < -0.3 is 38.5 Å². The van der Waals surface area contributed by atoms with E-state index in [2.05, 4.69) is 31.5 Å². The number of H-pyrrole nitrogens is 1. The molecule has 0 amide bonds. The minimum Gasteiger partial charge on any atom is -0.491 e. The van der Waals surface area contributed by atoms with Gasteiger partial charge in [-0.1, -0.05) is 24.9 Å². The van der Waals surface area contributed by atoms with Crippen LogP contribution in [-0.2, 0) is 11.8 Å². The van der Waals surface area contributed by atoms with Crippen LogP contribution in [0.3, 0.4) is 0 Å². The second-order valence-corrected chi connectivity index (χ2v) is 12.1. The summed E-state index contributed by atoms with van der Waals surface area (Å²) in [5, 5.41) is 9.83. The number of aromatic amines is 1. The molecule has 0 atom stereocenters. The number of nitrogens with zero attached hydrogens (tertiary/aromatic N) is 4. The van der Waals surface area contributed by atoms with E-state index in [0.717, 1.165) is 59.6 Å². The molecule has 0 spiro atoms. The van der Waals surface area contributed by atoms with Crippen molar-refractivity contribution in [3.63, 3.8) is 0 Å². The highest BCUT2D eigenvalue weighted by atomic mass is 32.2. The summed E-state index contributed by atoms with van der Waals surface area (Å²) in [6, 6.07) is 15.4. The van der Waals surface area contributed by atoms with Crippen molar-refractivity contribution in [2.75, 3.05) is 41.7 Å². The van der Waals surface area contributed by atoms with Crippen molar-refractivity contribution in [3.05, 3.63) is 89.5 Å². The molecule has 6 rings (SSSR count). The van der Waals surface area contributed by atoms with Crippen LogP contribution in [0.4, 0.5) is 11.4 Å². The average Bonchev–Trinajstić information content (AvgIpc) is 3.59. The molecule has 244 valence electrons. The van der Waals surface area contributed by atoms with E-state index in [4.69, 9.17) is 19.3 Å². The quantitative estimate of drug-likeness (QED) is 0.102. The van der Waals surface area contributed by atoms with Crippen molar-refractivity contribution in [3.8, 4) is 28.4 Å². The number of carbonyl (C=O) groups is 1. The van der Waals surface area contributed by atoms with Crippen LogP contribution in [-0.4, -0.2) is 68.8 Å². The predicted molar refractivity (Wildman–Crippen MR) is 183 cm³/mol. The van der Waals surface area contributed by atoms with E-state index in [-0.39, 0.29) is 17.5 Å². The maximum Gasteiger partial charge on any atom is 0.373 e. The third kappa shape index (κ3) is 7.53. The van der Waals surface area contributed by atoms with Crippen LogP contribution >= 0.6 is 11.9 Å². The van der Waals surface area contributed by atoms with E-state index in [0.29, 0.717) is 36.0 Å². The number of carboxylic acid groups (broad SMARTS) is 1. The number of piperidine rings is 1. The number of aromatic carboxylic acids is 1. The zero-order chi connectivity index (χ0) is 32.8. The van der Waals surface area contributed by atoms with E-state index in [1.54, 1.807) is 42.2 Å². The summed E-state index contributed by atoms with van der Waals surface area (Å²) in [6.07, 6.45) is 8.50. The zero-order valence-corrected chi connectivity index (χ0v) is 27.0. The fourth-order valence-corrected chi connectivity index (χ4v) is 5.97. The van der Waals surface area contributed by atoms with Gasteiger partial charge in [0.25, 0.3) is 5.56 Å². The normalized spacial score (nSPS) is 13.5. The highest BCUT2D eigenvalue weighted by molar-refractivity contribution is 8.00. The second kappa shape index (κ2) is 14.6. The second-order valence-electron chi connectivity index (χ2n) is 11.0.